The Morgan fingerprint density at radius 3 is 2.30 bits per heavy atom. The van der Waals surface area contributed by atoms with Crippen LogP contribution in [-0.2, 0) is 4.74 Å². The number of nitrogens with one attached hydrogen (secondary N) is 2. The van der Waals surface area contributed by atoms with E-state index in [1.54, 1.807) is 0 Å². The molecule has 0 spiro atoms. The maximum Gasteiger partial charge on any atom is 0.407 e. The van der Waals surface area contributed by atoms with Crippen molar-refractivity contribution < 1.29 is 9.53 Å². The maximum atomic E-state index is 11.8. The second-order valence-electron chi connectivity index (χ2n) is 8.41. The van der Waals surface area contributed by atoms with E-state index >= 15 is 0 Å². The minimum Gasteiger partial charge on any atom is -0.444 e. The summed E-state index contributed by atoms with van der Waals surface area (Å²) in [6.07, 6.45) is 2.03. The van der Waals surface area contributed by atoms with Crippen molar-refractivity contribution in [1.82, 2.24) is 10.6 Å². The molecule has 23 heavy (non-hydrogen) atoms. The first-order valence-corrected chi connectivity index (χ1v) is 8.52. The fourth-order valence-corrected chi connectivity index (χ4v) is 2.23. The fraction of sp³-hybridized carbons (Fsp3) is 0.889. The standard InChI is InChI=1S/C18H35N3O2/c1-14(2)11-15(12-20-16(22)23-17(3,4)5)21-13-18(6,7)9-8-10-19/h14-15,21H,8-9,11-13H2,1-7H3,(H,20,22). The molecule has 0 rings (SSSR count). The highest BCUT2D eigenvalue weighted by molar-refractivity contribution is 5.67. The highest BCUT2D eigenvalue weighted by Gasteiger charge is 2.21. The van der Waals surface area contributed by atoms with Gasteiger partial charge in [-0.15, -0.1) is 0 Å². The largest absolute Gasteiger partial charge is 0.444 e. The first kappa shape index (κ1) is 21.7. The van der Waals surface area contributed by atoms with Crippen LogP contribution in [0.4, 0.5) is 4.79 Å². The van der Waals surface area contributed by atoms with Crippen LogP contribution in [0.1, 0.15) is 67.7 Å². The first-order chi connectivity index (χ1) is 10.4. The van der Waals surface area contributed by atoms with E-state index in [2.05, 4.69) is 44.4 Å². The number of nitriles is 1. The number of nitrogens with zero attached hydrogens (tertiary/aromatic N) is 1. The van der Waals surface area contributed by atoms with Gasteiger partial charge in [0.05, 0.1) is 6.07 Å². The Hall–Kier alpha value is -1.28. The summed E-state index contributed by atoms with van der Waals surface area (Å²) in [5.74, 6) is 0.537. The molecule has 5 heteroatoms. The van der Waals surface area contributed by atoms with Crippen LogP contribution in [0.2, 0.25) is 0 Å². The number of carbonyl (C=O) groups is 1. The Bertz CT molecular complexity index is 392. The van der Waals surface area contributed by atoms with Gasteiger partial charge in [-0.2, -0.15) is 5.26 Å². The van der Waals surface area contributed by atoms with E-state index in [4.69, 9.17) is 10.00 Å². The van der Waals surface area contributed by atoms with Gasteiger partial charge in [-0.3, -0.25) is 0 Å². The molecule has 0 aliphatic heterocycles. The highest BCUT2D eigenvalue weighted by atomic mass is 16.6. The highest BCUT2D eigenvalue weighted by Crippen LogP contribution is 2.21. The van der Waals surface area contributed by atoms with Gasteiger partial charge in [0.2, 0.25) is 0 Å². The van der Waals surface area contributed by atoms with E-state index < -0.39 is 5.60 Å². The summed E-state index contributed by atoms with van der Waals surface area (Å²) >= 11 is 0. The molecule has 1 atom stereocenters. The van der Waals surface area contributed by atoms with Gasteiger partial charge in [0, 0.05) is 25.6 Å². The molecule has 1 unspecified atom stereocenters. The van der Waals surface area contributed by atoms with Crippen molar-refractivity contribution in [3.63, 3.8) is 0 Å². The van der Waals surface area contributed by atoms with Crippen LogP contribution in [0, 0.1) is 22.7 Å². The summed E-state index contributed by atoms with van der Waals surface area (Å²) in [7, 11) is 0. The van der Waals surface area contributed by atoms with Gasteiger partial charge in [-0.25, -0.2) is 4.79 Å². The van der Waals surface area contributed by atoms with Crippen LogP contribution in [0.3, 0.4) is 0 Å². The van der Waals surface area contributed by atoms with E-state index in [1.165, 1.54) is 0 Å². The summed E-state index contributed by atoms with van der Waals surface area (Å²) in [5.41, 5.74) is -0.415. The Balaban J connectivity index is 4.42. The van der Waals surface area contributed by atoms with Crippen LogP contribution in [0.25, 0.3) is 0 Å². The van der Waals surface area contributed by atoms with Crippen LogP contribution >= 0.6 is 0 Å². The number of amides is 1. The molecule has 0 aromatic heterocycles. The Morgan fingerprint density at radius 2 is 1.83 bits per heavy atom. The van der Waals surface area contributed by atoms with E-state index in [0.717, 1.165) is 19.4 Å². The predicted octanol–water partition coefficient (Wildman–Crippen LogP) is 3.85. The molecule has 134 valence electrons. The normalized spacial score (nSPS) is 13.5. The van der Waals surface area contributed by atoms with Gasteiger partial charge < -0.3 is 15.4 Å². The van der Waals surface area contributed by atoms with E-state index in [1.807, 2.05) is 20.8 Å². The van der Waals surface area contributed by atoms with Crippen molar-refractivity contribution in [3.05, 3.63) is 0 Å². The van der Waals surface area contributed by atoms with Crippen molar-refractivity contribution in [2.75, 3.05) is 13.1 Å². The molecule has 0 saturated heterocycles. The molecule has 5 nitrogen and oxygen atoms in total. The van der Waals surface area contributed by atoms with E-state index in [9.17, 15) is 4.79 Å². The van der Waals surface area contributed by atoms with Crippen LogP contribution in [0.15, 0.2) is 0 Å². The number of hydrogen-bond acceptors (Lipinski definition) is 4. The topological polar surface area (TPSA) is 74.2 Å². The number of alkyl carbamates (subject to hydrolysis) is 1. The van der Waals surface area contributed by atoms with Gasteiger partial charge in [-0.05, 0) is 44.9 Å². The van der Waals surface area contributed by atoms with Crippen LogP contribution in [-0.4, -0.2) is 30.8 Å². The zero-order chi connectivity index (χ0) is 18.1. The molecule has 0 aromatic carbocycles. The van der Waals surface area contributed by atoms with Gasteiger partial charge >= 0.3 is 6.09 Å². The number of ether oxygens (including phenoxy) is 1. The minimum absolute atomic E-state index is 0.0663. The number of hydrogen-bond donors (Lipinski definition) is 2. The summed E-state index contributed by atoms with van der Waals surface area (Å²) in [6, 6.07) is 2.40. The van der Waals surface area contributed by atoms with Crippen molar-refractivity contribution in [3.8, 4) is 6.07 Å². The zero-order valence-electron chi connectivity index (χ0n) is 16.0. The number of rotatable bonds is 9. The van der Waals surface area contributed by atoms with E-state index in [-0.39, 0.29) is 17.6 Å². The van der Waals surface area contributed by atoms with Crippen molar-refractivity contribution in [2.24, 2.45) is 11.3 Å². The SMILES string of the molecule is CC(C)CC(CNC(=O)OC(C)(C)C)NCC(C)(C)CCC#N. The van der Waals surface area contributed by atoms with Gasteiger partial charge in [0.1, 0.15) is 5.60 Å². The molecule has 0 radical (unpaired) electrons. The quantitative estimate of drug-likeness (QED) is 0.675. The molecule has 0 aromatic rings. The lowest BCUT2D eigenvalue weighted by molar-refractivity contribution is 0.0520. The monoisotopic (exact) mass is 325 g/mol. The third kappa shape index (κ3) is 12.9. The van der Waals surface area contributed by atoms with Gasteiger partial charge in [0.15, 0.2) is 0 Å². The molecule has 0 saturated carbocycles. The summed E-state index contributed by atoms with van der Waals surface area (Å²) in [5, 5.41) is 15.1. The third-order valence-corrected chi connectivity index (χ3v) is 3.43. The molecule has 0 aliphatic rings. The smallest absolute Gasteiger partial charge is 0.407 e. The molecule has 1 amide bonds. The second-order valence-corrected chi connectivity index (χ2v) is 8.41. The summed E-state index contributed by atoms with van der Waals surface area (Å²) in [6.45, 7) is 15.6. The first-order valence-electron chi connectivity index (χ1n) is 8.52. The third-order valence-electron chi connectivity index (χ3n) is 3.43. The average molecular weight is 325 g/mol. The Labute approximate surface area is 142 Å². The summed E-state index contributed by atoms with van der Waals surface area (Å²) < 4.78 is 5.28. The lowest BCUT2D eigenvalue weighted by Crippen LogP contribution is -2.46. The predicted molar refractivity (Wildman–Crippen MR) is 94.1 cm³/mol. The number of carbonyl (C=O) groups excluding carboxylic acids is 1. The Morgan fingerprint density at radius 1 is 1.22 bits per heavy atom. The van der Waals surface area contributed by atoms with Gasteiger partial charge in [-0.1, -0.05) is 27.7 Å². The zero-order valence-corrected chi connectivity index (χ0v) is 16.0. The molecule has 2 N–H and O–H groups in total. The fourth-order valence-electron chi connectivity index (χ4n) is 2.23. The second kappa shape index (κ2) is 9.77. The lowest BCUT2D eigenvalue weighted by atomic mass is 9.87. The molecular weight excluding hydrogens is 290 g/mol. The minimum atomic E-state index is -0.482. The molecule has 0 fully saturated rings. The van der Waals surface area contributed by atoms with Crippen molar-refractivity contribution >= 4 is 6.09 Å². The molecule has 0 aliphatic carbocycles. The summed E-state index contributed by atoms with van der Waals surface area (Å²) in [4.78, 5) is 11.8. The Kier molecular flexibility index (Phi) is 9.23. The van der Waals surface area contributed by atoms with E-state index in [0.29, 0.717) is 18.9 Å². The van der Waals surface area contributed by atoms with Crippen LogP contribution in [0.5, 0.6) is 0 Å². The average Bonchev–Trinajstić information content (AvgIpc) is 2.37. The van der Waals surface area contributed by atoms with Crippen LogP contribution < -0.4 is 10.6 Å². The molecule has 0 bridgehead atoms. The van der Waals surface area contributed by atoms with Crippen molar-refractivity contribution in [2.45, 2.75) is 79.4 Å². The molecule has 0 heterocycles. The molecular formula is C18H35N3O2. The maximum absolute atomic E-state index is 11.8. The van der Waals surface area contributed by atoms with Crippen molar-refractivity contribution in [1.29, 1.82) is 5.26 Å². The lowest BCUT2D eigenvalue weighted by Gasteiger charge is -2.29. The van der Waals surface area contributed by atoms with Gasteiger partial charge in [0.25, 0.3) is 0 Å².